The van der Waals surface area contributed by atoms with Gasteiger partial charge in [-0.15, -0.1) is 0 Å². The summed E-state index contributed by atoms with van der Waals surface area (Å²) in [7, 11) is 0. The van der Waals surface area contributed by atoms with Crippen LogP contribution in [0.25, 0.3) is 10.9 Å². The van der Waals surface area contributed by atoms with E-state index >= 15 is 0 Å². The summed E-state index contributed by atoms with van der Waals surface area (Å²) < 4.78 is 0. The number of aromatic nitrogens is 1. The van der Waals surface area contributed by atoms with Crippen molar-refractivity contribution in [3.8, 4) is 0 Å². The summed E-state index contributed by atoms with van der Waals surface area (Å²) in [6.07, 6.45) is 6.05. The molecule has 0 saturated carbocycles. The minimum Gasteiger partial charge on any atom is -0.480 e. The number of carboxylic acids is 1. The summed E-state index contributed by atoms with van der Waals surface area (Å²) in [5, 5.41) is 15.9. The number of carboxylic acid groups (broad SMARTS) is 1. The molecule has 11 heteroatoms. The van der Waals surface area contributed by atoms with Gasteiger partial charge in [-0.05, 0) is 55.2 Å². The fourth-order valence-corrected chi connectivity index (χ4v) is 5.32. The summed E-state index contributed by atoms with van der Waals surface area (Å²) in [6.45, 7) is 4.14. The Hall–Kier alpha value is -3.05. The number of fused-ring (bicyclic) bond motifs is 1. The molecule has 1 aromatic carbocycles. The van der Waals surface area contributed by atoms with Crippen LogP contribution in [0.5, 0.6) is 0 Å². The number of hydrogen-bond donors (Lipinski definition) is 5. The van der Waals surface area contributed by atoms with Gasteiger partial charge in [0.25, 0.3) is 0 Å². The Morgan fingerprint density at radius 3 is 2.66 bits per heavy atom. The number of carbonyl (C=O) groups is 4. The number of para-hydroxylation sites is 1. The van der Waals surface area contributed by atoms with Crippen LogP contribution in [0.4, 0.5) is 0 Å². The maximum Gasteiger partial charge on any atom is 0.326 e. The predicted octanol–water partition coefficient (Wildman–Crippen LogP) is 1.88. The fourth-order valence-electron chi connectivity index (χ4n) is 4.85. The van der Waals surface area contributed by atoms with Crippen LogP contribution in [0.1, 0.15) is 45.1 Å². The third-order valence-electron chi connectivity index (χ3n) is 7.29. The number of nitrogens with one attached hydrogen (secondary N) is 3. The van der Waals surface area contributed by atoms with Crippen LogP contribution in [0, 0.1) is 5.92 Å². The molecule has 3 rings (SSSR count). The van der Waals surface area contributed by atoms with Crippen molar-refractivity contribution >= 4 is 46.4 Å². The number of H-pyrrole nitrogens is 1. The highest BCUT2D eigenvalue weighted by Gasteiger charge is 2.39. The normalized spacial score (nSPS) is 18.5. The first-order valence-corrected chi connectivity index (χ1v) is 14.5. The Morgan fingerprint density at radius 2 is 1.97 bits per heavy atom. The monoisotopic (exact) mass is 545 g/mol. The summed E-state index contributed by atoms with van der Waals surface area (Å²) in [6, 6.07) is 4.29. The largest absolute Gasteiger partial charge is 0.480 e. The van der Waals surface area contributed by atoms with Crippen molar-refractivity contribution in [1.82, 2.24) is 20.5 Å². The molecular weight excluding hydrogens is 506 g/mol. The molecule has 0 radical (unpaired) electrons. The van der Waals surface area contributed by atoms with Gasteiger partial charge in [0.1, 0.15) is 18.1 Å². The molecule has 2 heterocycles. The number of hydrogen-bond acceptors (Lipinski definition) is 6. The Bertz CT molecular complexity index is 1140. The van der Waals surface area contributed by atoms with Crippen molar-refractivity contribution in [2.24, 2.45) is 11.7 Å². The van der Waals surface area contributed by atoms with Crippen molar-refractivity contribution in [2.75, 3.05) is 18.6 Å². The van der Waals surface area contributed by atoms with E-state index < -0.39 is 42.0 Å². The number of aromatic amines is 1. The lowest BCUT2D eigenvalue weighted by Gasteiger charge is -2.30. The molecule has 6 N–H and O–H groups in total. The average Bonchev–Trinajstić information content (AvgIpc) is 3.56. The van der Waals surface area contributed by atoms with E-state index in [9.17, 15) is 24.3 Å². The summed E-state index contributed by atoms with van der Waals surface area (Å²) >= 11 is 1.49. The van der Waals surface area contributed by atoms with Gasteiger partial charge < -0.3 is 31.4 Å². The first kappa shape index (κ1) is 29.5. The molecule has 38 heavy (non-hydrogen) atoms. The second-order valence-corrected chi connectivity index (χ2v) is 10.9. The first-order chi connectivity index (χ1) is 18.2. The molecule has 0 bridgehead atoms. The standard InChI is InChI=1S/C27H39N5O5S/c1-4-16(2)23(25(34)30-21(27(36)37)11-13-38-3)31-24(33)22-10-7-12-32(22)26(35)19(28)14-17-15-29-20-9-6-5-8-18(17)20/h5-6,8-9,15-16,19,21-23,29H,4,7,10-14,28H2,1-3H3,(H,30,34)(H,31,33)(H,36,37). The number of rotatable bonds is 13. The number of thioether (sulfide) groups is 1. The molecule has 1 saturated heterocycles. The summed E-state index contributed by atoms with van der Waals surface area (Å²) in [4.78, 5) is 56.1. The maximum absolute atomic E-state index is 13.4. The van der Waals surface area contributed by atoms with E-state index in [0.29, 0.717) is 38.0 Å². The van der Waals surface area contributed by atoms with Crippen LogP contribution in [0.3, 0.4) is 0 Å². The van der Waals surface area contributed by atoms with Gasteiger partial charge >= 0.3 is 5.97 Å². The molecule has 1 aliphatic heterocycles. The number of nitrogens with zero attached hydrogens (tertiary/aromatic N) is 1. The second-order valence-electron chi connectivity index (χ2n) is 9.91. The lowest BCUT2D eigenvalue weighted by atomic mass is 9.97. The number of benzene rings is 1. The van der Waals surface area contributed by atoms with Crippen LogP contribution in [0.15, 0.2) is 30.5 Å². The molecule has 5 atom stereocenters. The zero-order valence-corrected chi connectivity index (χ0v) is 23.1. The predicted molar refractivity (Wildman–Crippen MR) is 149 cm³/mol. The van der Waals surface area contributed by atoms with E-state index in [0.717, 1.165) is 16.5 Å². The highest BCUT2D eigenvalue weighted by molar-refractivity contribution is 7.98. The van der Waals surface area contributed by atoms with E-state index in [1.54, 1.807) is 0 Å². The molecular formula is C27H39N5O5S. The van der Waals surface area contributed by atoms with E-state index in [1.165, 1.54) is 16.7 Å². The van der Waals surface area contributed by atoms with E-state index in [-0.39, 0.29) is 18.2 Å². The molecule has 5 unspecified atom stereocenters. The first-order valence-electron chi connectivity index (χ1n) is 13.1. The van der Waals surface area contributed by atoms with Crippen molar-refractivity contribution in [3.63, 3.8) is 0 Å². The van der Waals surface area contributed by atoms with Crippen LogP contribution in [0.2, 0.25) is 0 Å². The second kappa shape index (κ2) is 13.7. The van der Waals surface area contributed by atoms with Gasteiger partial charge in [-0.3, -0.25) is 14.4 Å². The highest BCUT2D eigenvalue weighted by Crippen LogP contribution is 2.23. The van der Waals surface area contributed by atoms with Gasteiger partial charge in [-0.1, -0.05) is 38.5 Å². The van der Waals surface area contributed by atoms with Gasteiger partial charge in [0.2, 0.25) is 17.7 Å². The number of amides is 3. The lowest BCUT2D eigenvalue weighted by Crippen LogP contribution is -2.58. The topological polar surface area (TPSA) is 158 Å². The van der Waals surface area contributed by atoms with Crippen molar-refractivity contribution in [2.45, 2.75) is 70.1 Å². The molecule has 1 aromatic heterocycles. The zero-order chi connectivity index (χ0) is 27.8. The molecule has 0 spiro atoms. The van der Waals surface area contributed by atoms with Gasteiger partial charge in [0, 0.05) is 23.6 Å². The third-order valence-corrected chi connectivity index (χ3v) is 7.93. The van der Waals surface area contributed by atoms with Crippen molar-refractivity contribution < 1.29 is 24.3 Å². The van der Waals surface area contributed by atoms with Crippen LogP contribution in [-0.2, 0) is 25.6 Å². The Morgan fingerprint density at radius 1 is 1.24 bits per heavy atom. The molecule has 1 fully saturated rings. The number of carbonyl (C=O) groups excluding carboxylic acids is 3. The van der Waals surface area contributed by atoms with Gasteiger partial charge in [-0.2, -0.15) is 11.8 Å². The Kier molecular flexibility index (Phi) is 10.6. The SMILES string of the molecule is CCC(C)C(NC(=O)C1CCCN1C(=O)C(N)Cc1c[nH]c2ccccc12)C(=O)NC(CCSC)C(=O)O. The van der Waals surface area contributed by atoms with Crippen LogP contribution in [-0.4, -0.2) is 81.4 Å². The zero-order valence-electron chi connectivity index (χ0n) is 22.2. The van der Waals surface area contributed by atoms with Crippen LogP contribution < -0.4 is 16.4 Å². The summed E-state index contributed by atoms with van der Waals surface area (Å²) in [5.74, 6) is -2.03. The molecule has 3 amide bonds. The molecule has 2 aromatic rings. The third kappa shape index (κ3) is 7.08. The minimum absolute atomic E-state index is 0.233. The number of likely N-dealkylation sites (tertiary alicyclic amines) is 1. The molecule has 0 aliphatic carbocycles. The van der Waals surface area contributed by atoms with E-state index in [4.69, 9.17) is 5.73 Å². The lowest BCUT2D eigenvalue weighted by molar-refractivity contribution is -0.143. The molecule has 1 aliphatic rings. The average molecular weight is 546 g/mol. The Balaban J connectivity index is 1.68. The van der Waals surface area contributed by atoms with Crippen molar-refractivity contribution in [3.05, 3.63) is 36.0 Å². The van der Waals surface area contributed by atoms with Crippen LogP contribution >= 0.6 is 11.8 Å². The van der Waals surface area contributed by atoms with Gasteiger partial charge in [-0.25, -0.2) is 4.79 Å². The van der Waals surface area contributed by atoms with E-state index in [2.05, 4.69) is 15.6 Å². The van der Waals surface area contributed by atoms with Crippen molar-refractivity contribution in [1.29, 1.82) is 0 Å². The van der Waals surface area contributed by atoms with E-state index in [1.807, 2.05) is 50.6 Å². The fraction of sp³-hybridized carbons (Fsp3) is 0.556. The number of nitrogens with two attached hydrogens (primary N) is 1. The summed E-state index contributed by atoms with van der Waals surface area (Å²) in [5.41, 5.74) is 8.23. The molecule has 208 valence electrons. The smallest absolute Gasteiger partial charge is 0.326 e. The quantitative estimate of drug-likeness (QED) is 0.257. The van der Waals surface area contributed by atoms with Gasteiger partial charge in [0.05, 0.1) is 6.04 Å². The highest BCUT2D eigenvalue weighted by atomic mass is 32.2. The Labute approximate surface area is 227 Å². The minimum atomic E-state index is -1.11. The maximum atomic E-state index is 13.4. The number of aliphatic carboxylic acids is 1. The molecule has 10 nitrogen and oxygen atoms in total. The van der Waals surface area contributed by atoms with Gasteiger partial charge in [0.15, 0.2) is 0 Å².